The van der Waals surface area contributed by atoms with Crippen LogP contribution < -0.4 is 10.1 Å². The number of hydrogen-bond acceptors (Lipinski definition) is 3. The van der Waals surface area contributed by atoms with Crippen LogP contribution in [0.4, 0.5) is 5.69 Å². The van der Waals surface area contributed by atoms with Gasteiger partial charge in [0, 0.05) is 23.8 Å². The third-order valence-electron chi connectivity index (χ3n) is 4.05. The Balaban J connectivity index is 1.75. The Bertz CT molecular complexity index is 932. The first-order chi connectivity index (χ1) is 13.1. The normalized spacial score (nSPS) is 11.1. The number of hydrogen-bond donors (Lipinski definition) is 1. The highest BCUT2D eigenvalue weighted by Gasteiger charge is 2.09. The molecular weight excluding hydrogens is 360 g/mol. The van der Waals surface area contributed by atoms with Gasteiger partial charge in [0.2, 0.25) is 5.88 Å². The standard InChI is InChI=1S/C21H23ClN4O/c1-4-10-23-14-24-19-12-16(3)20(13-15(19)2)27-21-9-11-26(25-21)18-7-5-17(22)6-8-18/h5-9,11-14H,4,10H2,1-3H3,(H,23,24). The predicted molar refractivity (Wildman–Crippen MR) is 111 cm³/mol. The fraction of sp³-hybridized carbons (Fsp3) is 0.238. The zero-order chi connectivity index (χ0) is 19.2. The number of rotatable bonds is 7. The summed E-state index contributed by atoms with van der Waals surface area (Å²) in [4.78, 5) is 4.48. The van der Waals surface area contributed by atoms with Crippen molar-refractivity contribution in [1.29, 1.82) is 0 Å². The van der Waals surface area contributed by atoms with Crippen LogP contribution in [-0.4, -0.2) is 22.7 Å². The van der Waals surface area contributed by atoms with E-state index in [0.29, 0.717) is 10.9 Å². The lowest BCUT2D eigenvalue weighted by molar-refractivity contribution is 0.454. The molecule has 0 saturated heterocycles. The van der Waals surface area contributed by atoms with Gasteiger partial charge in [0.05, 0.1) is 17.7 Å². The molecule has 0 atom stereocenters. The molecule has 2 aromatic carbocycles. The number of aryl methyl sites for hydroxylation is 2. The van der Waals surface area contributed by atoms with Crippen molar-refractivity contribution in [2.75, 3.05) is 6.54 Å². The molecule has 0 unspecified atom stereocenters. The number of aliphatic imine (C=N–C) groups is 1. The van der Waals surface area contributed by atoms with E-state index in [4.69, 9.17) is 16.3 Å². The maximum Gasteiger partial charge on any atom is 0.238 e. The van der Waals surface area contributed by atoms with Crippen molar-refractivity contribution in [2.24, 2.45) is 4.99 Å². The number of ether oxygens (including phenoxy) is 1. The van der Waals surface area contributed by atoms with Crippen molar-refractivity contribution in [1.82, 2.24) is 15.1 Å². The first kappa shape index (κ1) is 19.0. The number of nitrogens with zero attached hydrogens (tertiary/aromatic N) is 3. The molecule has 0 bridgehead atoms. The molecule has 5 nitrogen and oxygen atoms in total. The molecule has 0 aliphatic rings. The van der Waals surface area contributed by atoms with E-state index in [1.165, 1.54) is 0 Å². The van der Waals surface area contributed by atoms with E-state index in [9.17, 15) is 0 Å². The molecule has 27 heavy (non-hydrogen) atoms. The number of aromatic nitrogens is 2. The summed E-state index contributed by atoms with van der Waals surface area (Å²) in [6, 6.07) is 13.3. The lowest BCUT2D eigenvalue weighted by Crippen LogP contribution is -2.10. The van der Waals surface area contributed by atoms with Crippen LogP contribution >= 0.6 is 11.6 Å². The molecule has 0 fully saturated rings. The van der Waals surface area contributed by atoms with Crippen molar-refractivity contribution < 1.29 is 4.74 Å². The van der Waals surface area contributed by atoms with Crippen molar-refractivity contribution in [3.05, 3.63) is 64.8 Å². The summed E-state index contributed by atoms with van der Waals surface area (Å²) >= 11 is 5.94. The minimum absolute atomic E-state index is 0.535. The number of benzene rings is 2. The second kappa shape index (κ2) is 8.73. The molecule has 0 aliphatic carbocycles. The molecule has 1 N–H and O–H groups in total. The lowest BCUT2D eigenvalue weighted by atomic mass is 10.1. The maximum atomic E-state index is 5.99. The minimum Gasteiger partial charge on any atom is -0.437 e. The molecule has 140 valence electrons. The van der Waals surface area contributed by atoms with Crippen LogP contribution in [-0.2, 0) is 0 Å². The topological polar surface area (TPSA) is 51.4 Å². The van der Waals surface area contributed by atoms with Crippen LogP contribution in [0.25, 0.3) is 5.69 Å². The van der Waals surface area contributed by atoms with Crippen LogP contribution in [0.5, 0.6) is 11.6 Å². The molecular formula is C21H23ClN4O. The molecule has 1 aromatic heterocycles. The van der Waals surface area contributed by atoms with E-state index in [0.717, 1.165) is 41.2 Å². The summed E-state index contributed by atoms with van der Waals surface area (Å²) in [7, 11) is 0. The van der Waals surface area contributed by atoms with Crippen molar-refractivity contribution in [3.8, 4) is 17.3 Å². The smallest absolute Gasteiger partial charge is 0.238 e. The van der Waals surface area contributed by atoms with Gasteiger partial charge in [-0.05, 0) is 67.8 Å². The molecule has 6 heteroatoms. The highest BCUT2D eigenvalue weighted by atomic mass is 35.5. The van der Waals surface area contributed by atoms with Gasteiger partial charge in [-0.25, -0.2) is 9.67 Å². The number of nitrogens with one attached hydrogen (secondary N) is 1. The Hall–Kier alpha value is -2.79. The molecule has 3 aromatic rings. The van der Waals surface area contributed by atoms with E-state index in [2.05, 4.69) is 22.3 Å². The quantitative estimate of drug-likeness (QED) is 0.329. The summed E-state index contributed by atoms with van der Waals surface area (Å²) in [6.07, 6.45) is 4.68. The molecule has 0 spiro atoms. The summed E-state index contributed by atoms with van der Waals surface area (Å²) in [6.45, 7) is 7.06. The SMILES string of the molecule is CCCN/C=N/c1cc(C)c(Oc2ccn(-c3ccc(Cl)cc3)n2)cc1C. The Morgan fingerprint density at radius 1 is 1.15 bits per heavy atom. The highest BCUT2D eigenvalue weighted by Crippen LogP contribution is 2.31. The first-order valence-corrected chi connectivity index (χ1v) is 9.31. The van der Waals surface area contributed by atoms with Gasteiger partial charge >= 0.3 is 0 Å². The van der Waals surface area contributed by atoms with Crippen LogP contribution in [0.2, 0.25) is 5.02 Å². The van der Waals surface area contributed by atoms with Crippen LogP contribution in [0.3, 0.4) is 0 Å². The Morgan fingerprint density at radius 3 is 2.67 bits per heavy atom. The minimum atomic E-state index is 0.535. The van der Waals surface area contributed by atoms with Crippen LogP contribution in [0.15, 0.2) is 53.7 Å². The van der Waals surface area contributed by atoms with Crippen molar-refractivity contribution >= 4 is 23.6 Å². The maximum absolute atomic E-state index is 5.99. The largest absolute Gasteiger partial charge is 0.437 e. The Labute approximate surface area is 164 Å². The molecule has 0 radical (unpaired) electrons. The molecule has 0 aliphatic heterocycles. The zero-order valence-corrected chi connectivity index (χ0v) is 16.5. The Morgan fingerprint density at radius 2 is 1.93 bits per heavy atom. The van der Waals surface area contributed by atoms with E-state index < -0.39 is 0 Å². The fourth-order valence-corrected chi connectivity index (χ4v) is 2.69. The average molecular weight is 383 g/mol. The first-order valence-electron chi connectivity index (χ1n) is 8.93. The van der Waals surface area contributed by atoms with E-state index in [1.807, 2.05) is 62.5 Å². The lowest BCUT2D eigenvalue weighted by Gasteiger charge is -2.10. The summed E-state index contributed by atoms with van der Waals surface area (Å²) in [5.41, 5.74) is 3.90. The second-order valence-electron chi connectivity index (χ2n) is 6.29. The third-order valence-corrected chi connectivity index (χ3v) is 4.31. The van der Waals surface area contributed by atoms with Crippen molar-refractivity contribution in [2.45, 2.75) is 27.2 Å². The van der Waals surface area contributed by atoms with Gasteiger partial charge in [-0.1, -0.05) is 18.5 Å². The number of halogens is 1. The van der Waals surface area contributed by atoms with Gasteiger partial charge in [0.1, 0.15) is 5.75 Å². The van der Waals surface area contributed by atoms with E-state index >= 15 is 0 Å². The summed E-state index contributed by atoms with van der Waals surface area (Å²) < 4.78 is 7.74. The van der Waals surface area contributed by atoms with Crippen LogP contribution in [0.1, 0.15) is 24.5 Å². The third kappa shape index (κ3) is 4.89. The van der Waals surface area contributed by atoms with E-state index in [1.54, 1.807) is 11.0 Å². The molecule has 1 heterocycles. The molecule has 3 rings (SSSR count). The Kier molecular flexibility index (Phi) is 6.14. The fourth-order valence-electron chi connectivity index (χ4n) is 2.56. The van der Waals surface area contributed by atoms with Crippen molar-refractivity contribution in [3.63, 3.8) is 0 Å². The highest BCUT2D eigenvalue weighted by molar-refractivity contribution is 6.30. The predicted octanol–water partition coefficient (Wildman–Crippen LogP) is 5.59. The zero-order valence-electron chi connectivity index (χ0n) is 15.7. The van der Waals surface area contributed by atoms with Crippen LogP contribution in [0, 0.1) is 13.8 Å². The van der Waals surface area contributed by atoms with Gasteiger partial charge in [-0.3, -0.25) is 0 Å². The molecule has 0 saturated carbocycles. The van der Waals surface area contributed by atoms with Gasteiger partial charge in [-0.15, -0.1) is 5.10 Å². The van der Waals surface area contributed by atoms with E-state index in [-0.39, 0.29) is 0 Å². The molecule has 0 amide bonds. The van der Waals surface area contributed by atoms with Gasteiger partial charge in [0.25, 0.3) is 0 Å². The van der Waals surface area contributed by atoms with Gasteiger partial charge in [0.15, 0.2) is 0 Å². The average Bonchev–Trinajstić information content (AvgIpc) is 3.11. The summed E-state index contributed by atoms with van der Waals surface area (Å²) in [5.74, 6) is 1.31. The monoisotopic (exact) mass is 382 g/mol. The van der Waals surface area contributed by atoms with Gasteiger partial charge < -0.3 is 10.1 Å². The second-order valence-corrected chi connectivity index (χ2v) is 6.73. The summed E-state index contributed by atoms with van der Waals surface area (Å²) in [5, 5.41) is 8.34. The van der Waals surface area contributed by atoms with Gasteiger partial charge in [-0.2, -0.15) is 0 Å².